The normalized spacial score (nSPS) is 24.8. The van der Waals surface area contributed by atoms with Gasteiger partial charge in [0, 0.05) is 62.5 Å². The maximum atomic E-state index is 13.8. The van der Waals surface area contributed by atoms with Gasteiger partial charge in [0.15, 0.2) is 0 Å². The molecule has 1 aromatic heterocycles. The molecule has 7 heteroatoms. The average Bonchev–Trinajstić information content (AvgIpc) is 2.91. The Morgan fingerprint density at radius 3 is 2.58 bits per heavy atom. The highest BCUT2D eigenvalue weighted by Crippen LogP contribution is 2.36. The van der Waals surface area contributed by atoms with Gasteiger partial charge < -0.3 is 19.5 Å². The summed E-state index contributed by atoms with van der Waals surface area (Å²) in [6.45, 7) is 6.33. The molecular formula is C29H38N4O3. The fraction of sp³-hybridized carbons (Fsp3) is 0.586. The van der Waals surface area contributed by atoms with Crippen molar-refractivity contribution in [3.8, 4) is 11.1 Å². The summed E-state index contributed by atoms with van der Waals surface area (Å²) in [7, 11) is 0. The number of urea groups is 1. The number of amides is 2. The van der Waals surface area contributed by atoms with E-state index in [9.17, 15) is 9.59 Å². The number of aromatic nitrogens is 1. The van der Waals surface area contributed by atoms with Crippen LogP contribution in [0.5, 0.6) is 0 Å². The van der Waals surface area contributed by atoms with Gasteiger partial charge in [-0.1, -0.05) is 43.5 Å². The fourth-order valence-electron chi connectivity index (χ4n) is 6.75. The van der Waals surface area contributed by atoms with E-state index in [1.807, 2.05) is 21.6 Å². The summed E-state index contributed by atoms with van der Waals surface area (Å²) in [5.74, 6) is 0.546. The molecule has 1 aliphatic carbocycles. The summed E-state index contributed by atoms with van der Waals surface area (Å²) in [4.78, 5) is 31.3. The summed E-state index contributed by atoms with van der Waals surface area (Å²) in [6.07, 6.45) is 6.96. The lowest BCUT2D eigenvalue weighted by Gasteiger charge is -2.43. The average molecular weight is 491 g/mol. The van der Waals surface area contributed by atoms with Gasteiger partial charge >= 0.3 is 6.03 Å². The molecule has 1 saturated carbocycles. The van der Waals surface area contributed by atoms with Crippen molar-refractivity contribution in [1.29, 1.82) is 0 Å². The summed E-state index contributed by atoms with van der Waals surface area (Å²) in [6, 6.07) is 12.9. The van der Waals surface area contributed by atoms with Gasteiger partial charge in [-0.05, 0) is 48.4 Å². The number of ether oxygens (including phenoxy) is 1. The number of pyridine rings is 1. The highest BCUT2D eigenvalue weighted by molar-refractivity contribution is 5.75. The lowest BCUT2D eigenvalue weighted by Crippen LogP contribution is -2.53. The predicted octanol–water partition coefficient (Wildman–Crippen LogP) is 3.81. The van der Waals surface area contributed by atoms with Crippen LogP contribution in [-0.2, 0) is 17.8 Å². The van der Waals surface area contributed by atoms with E-state index >= 15 is 0 Å². The van der Waals surface area contributed by atoms with E-state index in [-0.39, 0.29) is 17.5 Å². The van der Waals surface area contributed by atoms with E-state index in [0.717, 1.165) is 75.5 Å². The van der Waals surface area contributed by atoms with Crippen LogP contribution < -0.4 is 10.9 Å². The first-order chi connectivity index (χ1) is 17.7. The first kappa shape index (κ1) is 23.7. The van der Waals surface area contributed by atoms with Gasteiger partial charge in [0.2, 0.25) is 0 Å². The topological polar surface area (TPSA) is 66.8 Å². The van der Waals surface area contributed by atoms with Gasteiger partial charge in [0.25, 0.3) is 5.56 Å². The monoisotopic (exact) mass is 490 g/mol. The minimum Gasteiger partial charge on any atom is -0.379 e. The number of carbonyl (C=O) groups excluding carboxylic acids is 1. The largest absolute Gasteiger partial charge is 0.379 e. The molecule has 2 saturated heterocycles. The van der Waals surface area contributed by atoms with Crippen molar-refractivity contribution in [3.63, 3.8) is 0 Å². The highest BCUT2D eigenvalue weighted by atomic mass is 16.5. The second-order valence-corrected chi connectivity index (χ2v) is 11.1. The van der Waals surface area contributed by atoms with E-state index in [4.69, 9.17) is 4.74 Å². The molecule has 7 nitrogen and oxygen atoms in total. The Labute approximate surface area is 213 Å². The van der Waals surface area contributed by atoms with E-state index in [1.165, 1.54) is 24.8 Å². The van der Waals surface area contributed by atoms with Gasteiger partial charge in [-0.15, -0.1) is 0 Å². The molecule has 3 fully saturated rings. The quantitative estimate of drug-likeness (QED) is 0.708. The van der Waals surface area contributed by atoms with Crippen molar-refractivity contribution in [3.05, 3.63) is 58.0 Å². The molecule has 4 heterocycles. The molecule has 3 aliphatic heterocycles. The molecule has 0 spiro atoms. The van der Waals surface area contributed by atoms with Crippen LogP contribution >= 0.6 is 0 Å². The third kappa shape index (κ3) is 4.83. The number of hydrogen-bond acceptors (Lipinski definition) is 4. The summed E-state index contributed by atoms with van der Waals surface area (Å²) in [5.41, 5.74) is 4.21. The third-order valence-corrected chi connectivity index (χ3v) is 8.63. The number of carbonyl (C=O) groups is 1. The van der Waals surface area contributed by atoms with Crippen LogP contribution in [0.1, 0.15) is 55.7 Å². The minimum atomic E-state index is 0.0843. The molecule has 2 amide bonds. The van der Waals surface area contributed by atoms with Crippen LogP contribution in [0.2, 0.25) is 0 Å². The Kier molecular flexibility index (Phi) is 6.85. The first-order valence-electron chi connectivity index (χ1n) is 13.8. The molecule has 0 unspecified atom stereocenters. The predicted molar refractivity (Wildman–Crippen MR) is 140 cm³/mol. The first-order valence-corrected chi connectivity index (χ1v) is 13.8. The SMILES string of the molecule is O=C(NC1CCCCC1)N1C[C@H]2C[C@H](C1)c1ccc(-c3ccccc3CN3CCOCC3)c(=O)n1C2. The molecule has 1 N–H and O–H groups in total. The van der Waals surface area contributed by atoms with E-state index < -0.39 is 0 Å². The summed E-state index contributed by atoms with van der Waals surface area (Å²) < 4.78 is 7.52. The number of fused-ring (bicyclic) bond motifs is 4. The van der Waals surface area contributed by atoms with Gasteiger partial charge in [0.05, 0.1) is 13.2 Å². The Hall–Kier alpha value is -2.64. The number of morpholine rings is 1. The molecule has 2 bridgehead atoms. The highest BCUT2D eigenvalue weighted by Gasteiger charge is 2.37. The summed E-state index contributed by atoms with van der Waals surface area (Å²) in [5, 5.41) is 3.29. The van der Waals surface area contributed by atoms with Crippen molar-refractivity contribution in [2.75, 3.05) is 39.4 Å². The van der Waals surface area contributed by atoms with Crippen LogP contribution in [0.3, 0.4) is 0 Å². The Morgan fingerprint density at radius 2 is 1.75 bits per heavy atom. The van der Waals surface area contributed by atoms with Crippen molar-refractivity contribution in [2.45, 2.75) is 63.6 Å². The Balaban J connectivity index is 1.22. The minimum absolute atomic E-state index is 0.0843. The standard InChI is InChI=1S/C29H38N4O3/c34-28-26(25-9-5-4-6-22(25)19-31-12-14-36-15-13-31)10-11-27-23-16-21(18-33(27)28)17-32(20-23)29(35)30-24-7-2-1-3-8-24/h4-6,9-11,21,23-24H,1-3,7-8,12-20H2,(H,30,35)/t21-,23-/m1/s1. The second-order valence-electron chi connectivity index (χ2n) is 11.1. The molecule has 2 atom stereocenters. The molecule has 4 aliphatic rings. The number of nitrogens with zero attached hydrogens (tertiary/aromatic N) is 3. The second kappa shape index (κ2) is 10.4. The maximum absolute atomic E-state index is 13.8. The van der Waals surface area contributed by atoms with E-state index in [0.29, 0.717) is 25.0 Å². The smallest absolute Gasteiger partial charge is 0.317 e. The van der Waals surface area contributed by atoms with Gasteiger partial charge in [-0.3, -0.25) is 9.69 Å². The third-order valence-electron chi connectivity index (χ3n) is 8.63. The van der Waals surface area contributed by atoms with Crippen LogP contribution in [0.15, 0.2) is 41.2 Å². The molecule has 1 aromatic carbocycles. The van der Waals surface area contributed by atoms with Gasteiger partial charge in [-0.25, -0.2) is 4.79 Å². The molecule has 192 valence electrons. The number of nitrogens with one attached hydrogen (secondary N) is 1. The number of hydrogen-bond donors (Lipinski definition) is 1. The van der Waals surface area contributed by atoms with Crippen LogP contribution in [0.4, 0.5) is 4.79 Å². The van der Waals surface area contributed by atoms with Gasteiger partial charge in [-0.2, -0.15) is 0 Å². The molecular weight excluding hydrogens is 452 g/mol. The van der Waals surface area contributed by atoms with Crippen LogP contribution in [0.25, 0.3) is 11.1 Å². The van der Waals surface area contributed by atoms with Crippen LogP contribution in [-0.4, -0.2) is 65.8 Å². The zero-order valence-electron chi connectivity index (χ0n) is 21.2. The van der Waals surface area contributed by atoms with Crippen molar-refractivity contribution in [1.82, 2.24) is 19.7 Å². The zero-order valence-corrected chi connectivity index (χ0v) is 21.2. The Bertz CT molecular complexity index is 1150. The lowest BCUT2D eigenvalue weighted by molar-refractivity contribution is 0.0342. The lowest BCUT2D eigenvalue weighted by atomic mass is 9.82. The fourth-order valence-corrected chi connectivity index (χ4v) is 6.75. The summed E-state index contributed by atoms with van der Waals surface area (Å²) >= 11 is 0. The maximum Gasteiger partial charge on any atom is 0.317 e. The molecule has 2 aromatic rings. The number of benzene rings is 1. The van der Waals surface area contributed by atoms with E-state index in [2.05, 4.69) is 34.5 Å². The van der Waals surface area contributed by atoms with Crippen LogP contribution in [0, 0.1) is 5.92 Å². The number of likely N-dealkylation sites (tertiary alicyclic amines) is 1. The van der Waals surface area contributed by atoms with Crippen molar-refractivity contribution >= 4 is 6.03 Å². The van der Waals surface area contributed by atoms with Crippen molar-refractivity contribution < 1.29 is 9.53 Å². The Morgan fingerprint density at radius 1 is 0.944 bits per heavy atom. The van der Waals surface area contributed by atoms with Gasteiger partial charge in [0.1, 0.15) is 0 Å². The number of piperidine rings is 1. The molecule has 0 radical (unpaired) electrons. The van der Waals surface area contributed by atoms with E-state index in [1.54, 1.807) is 0 Å². The molecule has 36 heavy (non-hydrogen) atoms. The zero-order chi connectivity index (χ0) is 24.5. The van der Waals surface area contributed by atoms with Crippen molar-refractivity contribution in [2.24, 2.45) is 5.92 Å². The number of rotatable bonds is 4. The molecule has 6 rings (SSSR count).